The number of carbonyl (C=O) groups is 2. The zero-order chi connectivity index (χ0) is 15.9. The van der Waals surface area contributed by atoms with E-state index in [9.17, 15) is 9.59 Å². The third kappa shape index (κ3) is 4.08. The molecule has 1 aliphatic rings. The molecule has 0 radical (unpaired) electrons. The molecule has 122 valence electrons. The SMILES string of the molecule is CCOCCCNC(=O)[C@@H]1CCC(=O)N(C)[C@@H]1c1cccs1. The van der Waals surface area contributed by atoms with Crippen LogP contribution in [0.25, 0.3) is 0 Å². The molecule has 2 heterocycles. The molecule has 1 N–H and O–H groups in total. The summed E-state index contributed by atoms with van der Waals surface area (Å²) in [5.41, 5.74) is 0. The Labute approximate surface area is 135 Å². The second kappa shape index (κ2) is 8.29. The van der Waals surface area contributed by atoms with Crippen LogP contribution in [0.5, 0.6) is 0 Å². The molecule has 0 saturated carbocycles. The summed E-state index contributed by atoms with van der Waals surface area (Å²) in [4.78, 5) is 27.3. The predicted molar refractivity (Wildman–Crippen MR) is 86.7 cm³/mol. The Hall–Kier alpha value is -1.40. The highest BCUT2D eigenvalue weighted by atomic mass is 32.1. The van der Waals surface area contributed by atoms with Crippen molar-refractivity contribution in [3.8, 4) is 0 Å². The van der Waals surface area contributed by atoms with Crippen molar-refractivity contribution in [3.63, 3.8) is 0 Å². The van der Waals surface area contributed by atoms with Crippen LogP contribution in [0.3, 0.4) is 0 Å². The molecule has 1 aliphatic heterocycles. The molecule has 0 bridgehead atoms. The van der Waals surface area contributed by atoms with E-state index >= 15 is 0 Å². The maximum atomic E-state index is 12.5. The van der Waals surface area contributed by atoms with Gasteiger partial charge in [-0.3, -0.25) is 9.59 Å². The van der Waals surface area contributed by atoms with E-state index in [0.717, 1.165) is 11.3 Å². The number of piperidine rings is 1. The topological polar surface area (TPSA) is 58.6 Å². The number of amides is 2. The maximum absolute atomic E-state index is 12.5. The van der Waals surface area contributed by atoms with Crippen LogP contribution in [0.2, 0.25) is 0 Å². The summed E-state index contributed by atoms with van der Waals surface area (Å²) < 4.78 is 5.27. The summed E-state index contributed by atoms with van der Waals surface area (Å²) in [6, 6.07) is 3.82. The lowest BCUT2D eigenvalue weighted by Crippen LogP contribution is -2.46. The van der Waals surface area contributed by atoms with Crippen LogP contribution in [-0.4, -0.2) is 43.5 Å². The summed E-state index contributed by atoms with van der Waals surface area (Å²) in [6.45, 7) is 3.93. The Morgan fingerprint density at radius 2 is 2.36 bits per heavy atom. The summed E-state index contributed by atoms with van der Waals surface area (Å²) in [6.07, 6.45) is 1.86. The van der Waals surface area contributed by atoms with Crippen molar-refractivity contribution in [2.75, 3.05) is 26.8 Å². The van der Waals surface area contributed by atoms with Gasteiger partial charge >= 0.3 is 0 Å². The summed E-state index contributed by atoms with van der Waals surface area (Å²) in [5.74, 6) is -0.0264. The minimum Gasteiger partial charge on any atom is -0.382 e. The lowest BCUT2D eigenvalue weighted by Gasteiger charge is -2.37. The van der Waals surface area contributed by atoms with Gasteiger partial charge in [-0.05, 0) is 31.2 Å². The summed E-state index contributed by atoms with van der Waals surface area (Å²) in [7, 11) is 1.79. The standard InChI is InChI=1S/C16H24N2O3S/c1-3-21-10-5-9-17-16(20)12-7-8-14(19)18(2)15(12)13-6-4-11-22-13/h4,6,11-12,15H,3,5,7-10H2,1-2H3,(H,17,20)/t12-,15+/m1/s1. The van der Waals surface area contributed by atoms with Gasteiger partial charge in [0.2, 0.25) is 11.8 Å². The highest BCUT2D eigenvalue weighted by molar-refractivity contribution is 7.10. The molecule has 1 fully saturated rings. The quantitative estimate of drug-likeness (QED) is 0.782. The van der Waals surface area contributed by atoms with Crippen LogP contribution in [-0.2, 0) is 14.3 Å². The number of carbonyl (C=O) groups excluding carboxylic acids is 2. The van der Waals surface area contributed by atoms with Crippen molar-refractivity contribution >= 4 is 23.2 Å². The molecule has 0 aromatic carbocycles. The molecular formula is C16H24N2O3S. The van der Waals surface area contributed by atoms with Gasteiger partial charge in [0.1, 0.15) is 0 Å². The molecule has 0 aliphatic carbocycles. The molecule has 2 atom stereocenters. The molecule has 1 saturated heterocycles. The zero-order valence-corrected chi connectivity index (χ0v) is 14.0. The molecule has 5 nitrogen and oxygen atoms in total. The molecule has 22 heavy (non-hydrogen) atoms. The van der Waals surface area contributed by atoms with Crippen molar-refractivity contribution < 1.29 is 14.3 Å². The number of rotatable bonds is 7. The number of hydrogen-bond donors (Lipinski definition) is 1. The first-order chi connectivity index (χ1) is 10.6. The molecule has 2 rings (SSSR count). The van der Waals surface area contributed by atoms with Crippen molar-refractivity contribution in [2.45, 2.75) is 32.2 Å². The molecule has 6 heteroatoms. The number of ether oxygens (including phenoxy) is 1. The lowest BCUT2D eigenvalue weighted by atomic mass is 9.87. The van der Waals surface area contributed by atoms with Crippen molar-refractivity contribution in [1.29, 1.82) is 0 Å². The smallest absolute Gasteiger partial charge is 0.225 e. The van der Waals surface area contributed by atoms with Crippen LogP contribution >= 0.6 is 11.3 Å². The van der Waals surface area contributed by atoms with Crippen LogP contribution in [0.4, 0.5) is 0 Å². The van der Waals surface area contributed by atoms with E-state index in [2.05, 4.69) is 5.32 Å². The normalized spacial score (nSPS) is 21.9. The van der Waals surface area contributed by atoms with Gasteiger partial charge in [-0.25, -0.2) is 0 Å². The van der Waals surface area contributed by atoms with Gasteiger partial charge in [0.05, 0.1) is 12.0 Å². The average Bonchev–Trinajstić information content (AvgIpc) is 3.03. The Balaban J connectivity index is 1.97. The summed E-state index contributed by atoms with van der Waals surface area (Å²) in [5, 5.41) is 4.97. The molecule has 2 amide bonds. The van der Waals surface area contributed by atoms with E-state index in [1.54, 1.807) is 23.3 Å². The third-order valence-electron chi connectivity index (χ3n) is 4.00. The monoisotopic (exact) mass is 324 g/mol. The molecule has 0 spiro atoms. The van der Waals surface area contributed by atoms with Gasteiger partial charge in [-0.15, -0.1) is 11.3 Å². The van der Waals surface area contributed by atoms with Crippen LogP contribution in [0, 0.1) is 5.92 Å². The molecule has 0 unspecified atom stereocenters. The Morgan fingerprint density at radius 1 is 1.55 bits per heavy atom. The average molecular weight is 324 g/mol. The number of likely N-dealkylation sites (tertiary alicyclic amines) is 1. The van der Waals surface area contributed by atoms with Crippen LogP contribution < -0.4 is 5.32 Å². The fourth-order valence-corrected chi connectivity index (χ4v) is 3.76. The fraction of sp³-hybridized carbons (Fsp3) is 0.625. The zero-order valence-electron chi connectivity index (χ0n) is 13.2. The van der Waals surface area contributed by atoms with E-state index in [1.165, 1.54) is 0 Å². The van der Waals surface area contributed by atoms with E-state index in [-0.39, 0.29) is 23.8 Å². The second-order valence-electron chi connectivity index (χ2n) is 5.45. The highest BCUT2D eigenvalue weighted by Crippen LogP contribution is 2.37. The number of nitrogens with zero attached hydrogens (tertiary/aromatic N) is 1. The van der Waals surface area contributed by atoms with E-state index in [1.807, 2.05) is 24.4 Å². The number of thiophene rings is 1. The first kappa shape index (κ1) is 17.0. The fourth-order valence-electron chi connectivity index (χ4n) is 2.82. The molecular weight excluding hydrogens is 300 g/mol. The number of hydrogen-bond acceptors (Lipinski definition) is 4. The Morgan fingerprint density at radius 3 is 3.05 bits per heavy atom. The predicted octanol–water partition coefficient (Wildman–Crippen LogP) is 2.20. The first-order valence-electron chi connectivity index (χ1n) is 7.79. The van der Waals surface area contributed by atoms with Crippen LogP contribution in [0.1, 0.15) is 37.1 Å². The minimum atomic E-state index is -0.173. The van der Waals surface area contributed by atoms with E-state index in [0.29, 0.717) is 32.6 Å². The van der Waals surface area contributed by atoms with Gasteiger partial charge in [-0.2, -0.15) is 0 Å². The molecule has 1 aromatic heterocycles. The van der Waals surface area contributed by atoms with Gasteiger partial charge < -0.3 is 15.0 Å². The second-order valence-corrected chi connectivity index (χ2v) is 6.43. The molecule has 1 aromatic rings. The minimum absolute atomic E-state index is 0.0363. The largest absolute Gasteiger partial charge is 0.382 e. The highest BCUT2D eigenvalue weighted by Gasteiger charge is 2.39. The van der Waals surface area contributed by atoms with Gasteiger partial charge in [0, 0.05) is 38.1 Å². The van der Waals surface area contributed by atoms with E-state index in [4.69, 9.17) is 4.74 Å². The third-order valence-corrected chi connectivity index (χ3v) is 4.94. The van der Waals surface area contributed by atoms with Crippen LogP contribution in [0.15, 0.2) is 17.5 Å². The maximum Gasteiger partial charge on any atom is 0.225 e. The van der Waals surface area contributed by atoms with Crippen molar-refractivity contribution in [1.82, 2.24) is 10.2 Å². The van der Waals surface area contributed by atoms with Gasteiger partial charge in [0.15, 0.2) is 0 Å². The Bertz CT molecular complexity index is 490. The van der Waals surface area contributed by atoms with Gasteiger partial charge in [0.25, 0.3) is 0 Å². The summed E-state index contributed by atoms with van der Waals surface area (Å²) >= 11 is 1.60. The lowest BCUT2D eigenvalue weighted by molar-refractivity contribution is -0.141. The Kier molecular flexibility index (Phi) is 6.39. The van der Waals surface area contributed by atoms with Crippen molar-refractivity contribution in [2.24, 2.45) is 5.92 Å². The van der Waals surface area contributed by atoms with Gasteiger partial charge in [-0.1, -0.05) is 6.07 Å². The first-order valence-corrected chi connectivity index (χ1v) is 8.67. The van der Waals surface area contributed by atoms with E-state index < -0.39 is 0 Å². The number of nitrogens with one attached hydrogen (secondary N) is 1. The van der Waals surface area contributed by atoms with Crippen molar-refractivity contribution in [3.05, 3.63) is 22.4 Å².